The van der Waals surface area contributed by atoms with Crippen LogP contribution in [-0.4, -0.2) is 14.8 Å². The van der Waals surface area contributed by atoms with Crippen LogP contribution in [0, 0.1) is 0 Å². The fourth-order valence-electron chi connectivity index (χ4n) is 2.40. The van der Waals surface area contributed by atoms with Crippen LogP contribution in [0.1, 0.15) is 23.7 Å². The van der Waals surface area contributed by atoms with Crippen molar-refractivity contribution in [1.29, 1.82) is 0 Å². The molecule has 0 fully saturated rings. The van der Waals surface area contributed by atoms with E-state index in [1.54, 1.807) is 12.4 Å². The van der Waals surface area contributed by atoms with E-state index in [2.05, 4.69) is 16.1 Å². The summed E-state index contributed by atoms with van der Waals surface area (Å²) in [5.41, 5.74) is 9.62. The largest absolute Gasteiger partial charge is 0.323 e. The Morgan fingerprint density at radius 3 is 2.62 bits per heavy atom. The van der Waals surface area contributed by atoms with Gasteiger partial charge in [0.05, 0.1) is 11.4 Å². The molecule has 2 heterocycles. The van der Waals surface area contributed by atoms with E-state index < -0.39 is 0 Å². The molecule has 0 aliphatic heterocycles. The number of para-hydroxylation sites is 1. The van der Waals surface area contributed by atoms with E-state index in [1.165, 1.54) is 5.56 Å². The van der Waals surface area contributed by atoms with Gasteiger partial charge in [0.2, 0.25) is 0 Å². The molecular formula is C17H18N4. The van der Waals surface area contributed by atoms with E-state index in [4.69, 9.17) is 5.73 Å². The lowest BCUT2D eigenvalue weighted by molar-refractivity contribution is 0.606. The van der Waals surface area contributed by atoms with Crippen LogP contribution in [0.5, 0.6) is 0 Å². The van der Waals surface area contributed by atoms with Crippen LogP contribution < -0.4 is 5.73 Å². The van der Waals surface area contributed by atoms with Gasteiger partial charge >= 0.3 is 0 Å². The van der Waals surface area contributed by atoms with Gasteiger partial charge in [0, 0.05) is 24.6 Å². The van der Waals surface area contributed by atoms with Crippen molar-refractivity contribution in [3.8, 4) is 5.69 Å². The smallest absolute Gasteiger partial charge is 0.0649 e. The molecular weight excluding hydrogens is 260 g/mol. The van der Waals surface area contributed by atoms with Crippen molar-refractivity contribution < 1.29 is 0 Å². The van der Waals surface area contributed by atoms with E-state index in [9.17, 15) is 0 Å². The number of pyridine rings is 1. The highest BCUT2D eigenvalue weighted by Gasteiger charge is 2.13. The molecule has 21 heavy (non-hydrogen) atoms. The van der Waals surface area contributed by atoms with Crippen LogP contribution in [0.15, 0.2) is 67.1 Å². The molecule has 3 rings (SSSR count). The topological polar surface area (TPSA) is 56.7 Å². The number of rotatable bonds is 5. The maximum Gasteiger partial charge on any atom is 0.0649 e. The molecule has 0 spiro atoms. The van der Waals surface area contributed by atoms with E-state index in [1.807, 2.05) is 53.3 Å². The van der Waals surface area contributed by atoms with Gasteiger partial charge < -0.3 is 5.73 Å². The second kappa shape index (κ2) is 6.33. The van der Waals surface area contributed by atoms with Crippen LogP contribution in [0.4, 0.5) is 0 Å². The van der Waals surface area contributed by atoms with Crippen LogP contribution in [0.2, 0.25) is 0 Å². The minimum atomic E-state index is -0.0482. The second-order valence-electron chi connectivity index (χ2n) is 5.01. The van der Waals surface area contributed by atoms with Crippen molar-refractivity contribution >= 4 is 0 Å². The molecule has 0 bridgehead atoms. The molecule has 106 valence electrons. The first-order chi connectivity index (χ1) is 10.3. The number of hydrogen-bond acceptors (Lipinski definition) is 3. The number of nitrogens with two attached hydrogens (primary N) is 1. The van der Waals surface area contributed by atoms with Crippen molar-refractivity contribution in [2.45, 2.75) is 18.9 Å². The Morgan fingerprint density at radius 1 is 1.00 bits per heavy atom. The van der Waals surface area contributed by atoms with E-state index >= 15 is 0 Å². The van der Waals surface area contributed by atoms with Gasteiger partial charge in [0.15, 0.2) is 0 Å². The normalized spacial score (nSPS) is 12.2. The Labute approximate surface area is 124 Å². The van der Waals surface area contributed by atoms with Crippen LogP contribution in [0.3, 0.4) is 0 Å². The first kappa shape index (κ1) is 13.5. The molecule has 0 radical (unpaired) electrons. The van der Waals surface area contributed by atoms with Crippen LogP contribution in [-0.2, 0) is 6.42 Å². The van der Waals surface area contributed by atoms with Crippen LogP contribution >= 0.6 is 0 Å². The maximum absolute atomic E-state index is 6.34. The van der Waals surface area contributed by atoms with Gasteiger partial charge in [0.25, 0.3) is 0 Å². The second-order valence-corrected chi connectivity index (χ2v) is 5.01. The van der Waals surface area contributed by atoms with Crippen molar-refractivity contribution in [1.82, 2.24) is 14.8 Å². The monoisotopic (exact) mass is 278 g/mol. The summed E-state index contributed by atoms with van der Waals surface area (Å²) in [5.74, 6) is 0. The zero-order valence-corrected chi connectivity index (χ0v) is 11.8. The summed E-state index contributed by atoms with van der Waals surface area (Å²) < 4.78 is 1.91. The summed E-state index contributed by atoms with van der Waals surface area (Å²) in [6.07, 6.45) is 7.25. The molecule has 0 aliphatic carbocycles. The summed E-state index contributed by atoms with van der Waals surface area (Å²) in [5, 5.41) is 4.39. The summed E-state index contributed by atoms with van der Waals surface area (Å²) in [6, 6.07) is 16.0. The van der Waals surface area contributed by atoms with Crippen molar-refractivity contribution in [3.05, 3.63) is 78.4 Å². The average Bonchev–Trinajstić information content (AvgIpc) is 3.04. The predicted molar refractivity (Wildman–Crippen MR) is 83.1 cm³/mol. The van der Waals surface area contributed by atoms with Gasteiger partial charge in [-0.25, -0.2) is 4.68 Å². The van der Waals surface area contributed by atoms with Crippen molar-refractivity contribution in [2.75, 3.05) is 0 Å². The number of aromatic nitrogens is 3. The number of nitrogens with zero attached hydrogens (tertiary/aromatic N) is 3. The van der Waals surface area contributed by atoms with Crippen molar-refractivity contribution in [2.24, 2.45) is 5.73 Å². The van der Waals surface area contributed by atoms with Gasteiger partial charge in [-0.2, -0.15) is 5.10 Å². The quantitative estimate of drug-likeness (QED) is 0.780. The fraction of sp³-hybridized carbons (Fsp3) is 0.176. The van der Waals surface area contributed by atoms with E-state index in [0.717, 1.165) is 24.2 Å². The Balaban J connectivity index is 1.74. The first-order valence-electron chi connectivity index (χ1n) is 7.08. The third-order valence-electron chi connectivity index (χ3n) is 3.52. The average molecular weight is 278 g/mol. The molecule has 2 N–H and O–H groups in total. The van der Waals surface area contributed by atoms with E-state index in [-0.39, 0.29) is 6.04 Å². The molecule has 4 nitrogen and oxygen atoms in total. The standard InChI is InChI=1S/C17H18N4/c18-16(9-8-14-5-4-11-19-13-14)17-10-12-20-21(17)15-6-2-1-3-7-15/h1-7,10-13,16H,8-9,18H2. The zero-order chi connectivity index (χ0) is 14.5. The lowest BCUT2D eigenvalue weighted by Gasteiger charge is -2.14. The Hall–Kier alpha value is -2.46. The molecule has 3 aromatic rings. The minimum absolute atomic E-state index is 0.0482. The number of hydrogen-bond donors (Lipinski definition) is 1. The SMILES string of the molecule is NC(CCc1cccnc1)c1ccnn1-c1ccccc1. The predicted octanol–water partition coefficient (Wildman–Crippen LogP) is 2.90. The van der Waals surface area contributed by atoms with Crippen LogP contribution in [0.25, 0.3) is 5.69 Å². The van der Waals surface area contributed by atoms with Gasteiger partial charge in [-0.1, -0.05) is 24.3 Å². The Kier molecular flexibility index (Phi) is 4.07. The molecule has 1 aromatic carbocycles. The Bertz CT molecular complexity index is 676. The summed E-state index contributed by atoms with van der Waals surface area (Å²) in [6.45, 7) is 0. The Morgan fingerprint density at radius 2 is 1.86 bits per heavy atom. The lowest BCUT2D eigenvalue weighted by atomic mass is 10.0. The molecule has 1 unspecified atom stereocenters. The number of benzene rings is 1. The van der Waals surface area contributed by atoms with Gasteiger partial charge in [-0.05, 0) is 42.7 Å². The summed E-state index contributed by atoms with van der Waals surface area (Å²) in [4.78, 5) is 4.13. The molecule has 0 aliphatic rings. The highest BCUT2D eigenvalue weighted by molar-refractivity contribution is 5.33. The van der Waals surface area contributed by atoms with Gasteiger partial charge in [-0.3, -0.25) is 4.98 Å². The fourth-order valence-corrected chi connectivity index (χ4v) is 2.40. The maximum atomic E-state index is 6.34. The zero-order valence-electron chi connectivity index (χ0n) is 11.8. The highest BCUT2D eigenvalue weighted by atomic mass is 15.3. The number of aryl methyl sites for hydroxylation is 1. The van der Waals surface area contributed by atoms with Gasteiger partial charge in [-0.15, -0.1) is 0 Å². The lowest BCUT2D eigenvalue weighted by Crippen LogP contribution is -2.16. The highest BCUT2D eigenvalue weighted by Crippen LogP contribution is 2.19. The molecule has 0 saturated heterocycles. The molecule has 2 aromatic heterocycles. The minimum Gasteiger partial charge on any atom is -0.323 e. The summed E-state index contributed by atoms with van der Waals surface area (Å²) >= 11 is 0. The molecule has 0 amide bonds. The summed E-state index contributed by atoms with van der Waals surface area (Å²) in [7, 11) is 0. The first-order valence-corrected chi connectivity index (χ1v) is 7.08. The van der Waals surface area contributed by atoms with Gasteiger partial charge in [0.1, 0.15) is 0 Å². The molecule has 1 atom stereocenters. The third-order valence-corrected chi connectivity index (χ3v) is 3.52. The molecule has 0 saturated carbocycles. The third kappa shape index (κ3) is 3.17. The van der Waals surface area contributed by atoms with Crippen molar-refractivity contribution in [3.63, 3.8) is 0 Å². The van der Waals surface area contributed by atoms with E-state index in [0.29, 0.717) is 0 Å². The molecule has 4 heteroatoms.